The number of urea groups is 1. The number of hydrogen-bond acceptors (Lipinski definition) is 5. The number of likely N-dealkylation sites (N-methyl/N-ethyl adjacent to an activating group) is 1. The molecule has 2 aromatic carbocycles. The van der Waals surface area contributed by atoms with Crippen molar-refractivity contribution >= 4 is 29.5 Å². The molecule has 0 aromatic heterocycles. The van der Waals surface area contributed by atoms with Crippen LogP contribution in [-0.4, -0.2) is 79.0 Å². The molecule has 0 unspecified atom stereocenters. The molecule has 10 heteroatoms. The molecule has 0 saturated carbocycles. The van der Waals surface area contributed by atoms with E-state index in [1.807, 2.05) is 0 Å². The van der Waals surface area contributed by atoms with Gasteiger partial charge in [0, 0.05) is 50.5 Å². The predicted octanol–water partition coefficient (Wildman–Crippen LogP) is 3.84. The van der Waals surface area contributed by atoms with E-state index in [1.54, 1.807) is 55.3 Å². The molecule has 0 bridgehead atoms. The van der Waals surface area contributed by atoms with Gasteiger partial charge in [0.25, 0.3) is 5.91 Å². The highest BCUT2D eigenvalue weighted by Crippen LogP contribution is 2.34. The highest BCUT2D eigenvalue weighted by molar-refractivity contribution is 6.31. The van der Waals surface area contributed by atoms with Crippen LogP contribution < -0.4 is 5.32 Å². The van der Waals surface area contributed by atoms with Gasteiger partial charge in [-0.15, -0.1) is 0 Å². The summed E-state index contributed by atoms with van der Waals surface area (Å²) in [4.78, 5) is 44.2. The van der Waals surface area contributed by atoms with Crippen LogP contribution in [0.5, 0.6) is 0 Å². The minimum atomic E-state index is -0.766. The van der Waals surface area contributed by atoms with E-state index in [0.29, 0.717) is 61.0 Å². The number of ether oxygens (including phenoxy) is 1. The van der Waals surface area contributed by atoms with Crippen LogP contribution in [0.4, 0.5) is 9.18 Å². The van der Waals surface area contributed by atoms with Crippen LogP contribution in [0.2, 0.25) is 5.02 Å². The Hall–Kier alpha value is -3.43. The van der Waals surface area contributed by atoms with Gasteiger partial charge in [-0.1, -0.05) is 41.9 Å². The Kier molecular flexibility index (Phi) is 8.45. The first-order chi connectivity index (χ1) is 17.8. The summed E-state index contributed by atoms with van der Waals surface area (Å²) < 4.78 is 19.6. The normalized spacial score (nSPS) is 18.9. The van der Waals surface area contributed by atoms with Gasteiger partial charge in [0.15, 0.2) is 0 Å². The summed E-state index contributed by atoms with van der Waals surface area (Å²) in [7, 11) is 1.61. The maximum atomic E-state index is 14.2. The van der Waals surface area contributed by atoms with E-state index < -0.39 is 17.8 Å². The van der Waals surface area contributed by atoms with Gasteiger partial charge in [0.2, 0.25) is 0 Å². The molecule has 1 saturated heterocycles. The number of amides is 3. The summed E-state index contributed by atoms with van der Waals surface area (Å²) in [6.45, 7) is 4.19. The average Bonchev–Trinajstić information content (AvgIpc) is 3.12. The monoisotopic (exact) mass is 528 g/mol. The summed E-state index contributed by atoms with van der Waals surface area (Å²) in [5.41, 5.74) is 1.49. The second-order valence-corrected chi connectivity index (χ2v) is 9.35. The van der Waals surface area contributed by atoms with E-state index in [4.69, 9.17) is 16.3 Å². The number of carbonyl (C=O) groups is 3. The molecule has 2 heterocycles. The third-order valence-electron chi connectivity index (χ3n) is 6.64. The van der Waals surface area contributed by atoms with Crippen molar-refractivity contribution in [3.05, 3.63) is 81.8 Å². The summed E-state index contributed by atoms with van der Waals surface area (Å²) in [5.74, 6) is -1.42. The van der Waals surface area contributed by atoms with E-state index in [0.717, 1.165) is 0 Å². The van der Waals surface area contributed by atoms with Gasteiger partial charge in [0.1, 0.15) is 5.82 Å². The Labute approximate surface area is 220 Å². The minimum Gasteiger partial charge on any atom is -0.463 e. The molecule has 196 valence electrons. The SMILES string of the molecule is CCOC(=O)C1=C(CN2CCCN(C(=O)c3ccccc3F)CC2)N(C)C(=O)N[C@@H]1c1ccccc1Cl. The van der Waals surface area contributed by atoms with Gasteiger partial charge in [0.05, 0.1) is 23.8 Å². The molecule has 37 heavy (non-hydrogen) atoms. The fourth-order valence-corrected chi connectivity index (χ4v) is 4.93. The first-order valence-electron chi connectivity index (χ1n) is 12.3. The number of rotatable bonds is 6. The molecule has 0 radical (unpaired) electrons. The molecule has 2 aliphatic heterocycles. The first-order valence-corrected chi connectivity index (χ1v) is 12.6. The lowest BCUT2D eigenvalue weighted by molar-refractivity contribution is -0.139. The van der Waals surface area contributed by atoms with Crippen molar-refractivity contribution in [1.82, 2.24) is 20.0 Å². The van der Waals surface area contributed by atoms with E-state index in [9.17, 15) is 18.8 Å². The van der Waals surface area contributed by atoms with Crippen LogP contribution in [0.15, 0.2) is 59.8 Å². The van der Waals surface area contributed by atoms with E-state index in [-0.39, 0.29) is 24.1 Å². The molecule has 0 spiro atoms. The van der Waals surface area contributed by atoms with Gasteiger partial charge in [-0.05, 0) is 37.1 Å². The van der Waals surface area contributed by atoms with Gasteiger partial charge in [-0.25, -0.2) is 14.0 Å². The fourth-order valence-electron chi connectivity index (χ4n) is 4.69. The molecule has 8 nitrogen and oxygen atoms in total. The number of benzene rings is 2. The maximum Gasteiger partial charge on any atom is 0.338 e. The molecule has 1 atom stereocenters. The zero-order valence-electron chi connectivity index (χ0n) is 20.9. The number of nitrogens with zero attached hydrogens (tertiary/aromatic N) is 3. The first kappa shape index (κ1) is 26.6. The third-order valence-corrected chi connectivity index (χ3v) is 6.99. The molecule has 2 aliphatic rings. The Balaban J connectivity index is 1.61. The second-order valence-electron chi connectivity index (χ2n) is 8.95. The van der Waals surface area contributed by atoms with Crippen molar-refractivity contribution in [2.75, 3.05) is 46.4 Å². The van der Waals surface area contributed by atoms with E-state index >= 15 is 0 Å². The van der Waals surface area contributed by atoms with Crippen molar-refractivity contribution < 1.29 is 23.5 Å². The van der Waals surface area contributed by atoms with Gasteiger partial charge in [-0.3, -0.25) is 14.6 Å². The highest BCUT2D eigenvalue weighted by Gasteiger charge is 2.38. The van der Waals surface area contributed by atoms with Crippen LogP contribution in [0.1, 0.15) is 35.3 Å². The quantitative estimate of drug-likeness (QED) is 0.576. The lowest BCUT2D eigenvalue weighted by Crippen LogP contribution is -2.49. The molecular formula is C27H30ClFN4O4. The number of esters is 1. The highest BCUT2D eigenvalue weighted by atomic mass is 35.5. The molecular weight excluding hydrogens is 499 g/mol. The molecule has 0 aliphatic carbocycles. The van der Waals surface area contributed by atoms with Crippen LogP contribution in [-0.2, 0) is 9.53 Å². The molecule has 4 rings (SSSR count). The predicted molar refractivity (Wildman–Crippen MR) is 138 cm³/mol. The number of nitrogens with one attached hydrogen (secondary N) is 1. The fraction of sp³-hybridized carbons (Fsp3) is 0.370. The molecule has 2 aromatic rings. The smallest absolute Gasteiger partial charge is 0.338 e. The Morgan fingerprint density at radius 1 is 1.08 bits per heavy atom. The van der Waals surface area contributed by atoms with Gasteiger partial charge in [-0.2, -0.15) is 0 Å². The standard InChI is InChI=1S/C27H30ClFN4O4/c1-3-37-26(35)23-22(31(2)27(36)30-24(23)18-9-4-6-11-20(18)28)17-32-13-8-14-33(16-15-32)25(34)19-10-5-7-12-21(19)29/h4-7,9-12,24H,3,8,13-17H2,1-2H3,(H,30,36)/t24-/m1/s1. The number of carbonyl (C=O) groups excluding carboxylic acids is 3. The molecule has 1 fully saturated rings. The Bertz CT molecular complexity index is 1220. The van der Waals surface area contributed by atoms with Crippen molar-refractivity contribution in [1.29, 1.82) is 0 Å². The van der Waals surface area contributed by atoms with Crippen molar-refractivity contribution in [2.45, 2.75) is 19.4 Å². The van der Waals surface area contributed by atoms with Crippen LogP contribution >= 0.6 is 11.6 Å². The van der Waals surface area contributed by atoms with Crippen LogP contribution in [0.25, 0.3) is 0 Å². The zero-order chi connectivity index (χ0) is 26.5. The van der Waals surface area contributed by atoms with E-state index in [1.165, 1.54) is 17.0 Å². The third kappa shape index (κ3) is 5.78. The lowest BCUT2D eigenvalue weighted by atomic mass is 9.94. The van der Waals surface area contributed by atoms with Crippen molar-refractivity contribution in [3.63, 3.8) is 0 Å². The summed E-state index contributed by atoms with van der Waals surface area (Å²) >= 11 is 6.44. The van der Waals surface area contributed by atoms with Crippen LogP contribution in [0, 0.1) is 5.82 Å². The Morgan fingerprint density at radius 2 is 1.81 bits per heavy atom. The lowest BCUT2D eigenvalue weighted by Gasteiger charge is -2.36. The number of hydrogen-bond donors (Lipinski definition) is 1. The molecule has 1 N–H and O–H groups in total. The largest absolute Gasteiger partial charge is 0.463 e. The maximum absolute atomic E-state index is 14.2. The zero-order valence-corrected chi connectivity index (χ0v) is 21.6. The number of halogens is 2. The minimum absolute atomic E-state index is 0.0505. The topological polar surface area (TPSA) is 82.2 Å². The van der Waals surface area contributed by atoms with Gasteiger partial charge >= 0.3 is 12.0 Å². The summed E-state index contributed by atoms with van der Waals surface area (Å²) in [6.07, 6.45) is 0.659. The van der Waals surface area contributed by atoms with E-state index in [2.05, 4.69) is 10.2 Å². The molecule has 3 amide bonds. The summed E-state index contributed by atoms with van der Waals surface area (Å²) in [6, 6.07) is 11.9. The second kappa shape index (κ2) is 11.7. The Morgan fingerprint density at radius 3 is 2.54 bits per heavy atom. The van der Waals surface area contributed by atoms with Gasteiger partial charge < -0.3 is 15.0 Å². The average molecular weight is 529 g/mol. The van der Waals surface area contributed by atoms with Crippen molar-refractivity contribution in [2.24, 2.45) is 0 Å². The van der Waals surface area contributed by atoms with Crippen LogP contribution in [0.3, 0.4) is 0 Å². The summed E-state index contributed by atoms with van der Waals surface area (Å²) in [5, 5.41) is 3.30. The van der Waals surface area contributed by atoms with Crippen molar-refractivity contribution in [3.8, 4) is 0 Å².